The molecule has 1 aliphatic carbocycles. The molecule has 0 radical (unpaired) electrons. The largest absolute Gasteiger partial charge is 0.342 e. The minimum atomic E-state index is -0.00545. The van der Waals surface area contributed by atoms with Crippen LogP contribution in [0.4, 0.5) is 0 Å². The van der Waals surface area contributed by atoms with Gasteiger partial charge < -0.3 is 10.2 Å². The molecule has 0 spiro atoms. The lowest BCUT2D eigenvalue weighted by atomic mass is 9.69. The van der Waals surface area contributed by atoms with E-state index in [1.807, 2.05) is 0 Å². The highest BCUT2D eigenvalue weighted by Gasteiger charge is 2.42. The summed E-state index contributed by atoms with van der Waals surface area (Å²) in [5, 5.41) is 3.41. The molecule has 1 N–H and O–H groups in total. The van der Waals surface area contributed by atoms with Gasteiger partial charge in [-0.1, -0.05) is 20.3 Å². The number of halogens is 1. The Balaban J connectivity index is 0.00000162. The van der Waals surface area contributed by atoms with Crippen LogP contribution in [0.1, 0.15) is 46.0 Å². The molecule has 1 amide bonds. The summed E-state index contributed by atoms with van der Waals surface area (Å²) in [7, 11) is 0. The van der Waals surface area contributed by atoms with Crippen molar-refractivity contribution in [2.45, 2.75) is 46.0 Å². The van der Waals surface area contributed by atoms with E-state index < -0.39 is 0 Å². The quantitative estimate of drug-likeness (QED) is 0.854. The number of hydrogen-bond donors (Lipinski definition) is 1. The lowest BCUT2D eigenvalue weighted by molar-refractivity contribution is -0.147. The van der Waals surface area contributed by atoms with Crippen LogP contribution in [0, 0.1) is 11.3 Å². The second-order valence-corrected chi connectivity index (χ2v) is 5.96. The third-order valence-corrected chi connectivity index (χ3v) is 4.56. The topological polar surface area (TPSA) is 32.3 Å². The summed E-state index contributed by atoms with van der Waals surface area (Å²) in [5.41, 5.74) is -0.00545. The van der Waals surface area contributed by atoms with Crippen molar-refractivity contribution in [3.8, 4) is 0 Å². The number of amides is 1. The molecule has 4 heteroatoms. The SMILES string of the molecule is CCNCC1CCN(C(=O)C2(C)CCC2)CC1.Cl. The zero-order valence-corrected chi connectivity index (χ0v) is 12.5. The van der Waals surface area contributed by atoms with Crippen LogP contribution in [0.15, 0.2) is 0 Å². The Morgan fingerprint density at radius 3 is 2.39 bits per heavy atom. The molecule has 0 bridgehead atoms. The Morgan fingerprint density at radius 2 is 1.94 bits per heavy atom. The highest BCUT2D eigenvalue weighted by molar-refractivity contribution is 5.85. The van der Waals surface area contributed by atoms with E-state index in [-0.39, 0.29) is 17.8 Å². The van der Waals surface area contributed by atoms with Crippen LogP contribution >= 0.6 is 12.4 Å². The number of nitrogens with zero attached hydrogens (tertiary/aromatic N) is 1. The number of nitrogens with one attached hydrogen (secondary N) is 1. The summed E-state index contributed by atoms with van der Waals surface area (Å²) >= 11 is 0. The zero-order chi connectivity index (χ0) is 12.3. The average Bonchev–Trinajstić information content (AvgIpc) is 2.33. The third kappa shape index (κ3) is 3.39. The normalized spacial score (nSPS) is 23.1. The molecule has 2 fully saturated rings. The van der Waals surface area contributed by atoms with Crippen molar-refractivity contribution in [3.63, 3.8) is 0 Å². The summed E-state index contributed by atoms with van der Waals surface area (Å²) in [5.74, 6) is 1.19. The molecule has 18 heavy (non-hydrogen) atoms. The lowest BCUT2D eigenvalue weighted by Gasteiger charge is -2.43. The van der Waals surface area contributed by atoms with E-state index in [0.29, 0.717) is 5.91 Å². The first-order valence-corrected chi connectivity index (χ1v) is 7.16. The molecule has 0 aromatic rings. The molecule has 1 saturated heterocycles. The van der Waals surface area contributed by atoms with E-state index in [2.05, 4.69) is 24.1 Å². The highest BCUT2D eigenvalue weighted by atomic mass is 35.5. The molecular formula is C14H27ClN2O. The van der Waals surface area contributed by atoms with Gasteiger partial charge in [0, 0.05) is 18.5 Å². The maximum atomic E-state index is 12.3. The predicted molar refractivity (Wildman–Crippen MR) is 77.1 cm³/mol. The number of piperidine rings is 1. The van der Waals surface area contributed by atoms with Crippen LogP contribution < -0.4 is 5.32 Å². The van der Waals surface area contributed by atoms with Crippen LogP contribution in [0.3, 0.4) is 0 Å². The van der Waals surface area contributed by atoms with Gasteiger partial charge in [0.15, 0.2) is 0 Å². The Kier molecular flexibility index (Phi) is 5.93. The molecule has 3 nitrogen and oxygen atoms in total. The first kappa shape index (κ1) is 15.8. The van der Waals surface area contributed by atoms with E-state index in [4.69, 9.17) is 0 Å². The molecule has 0 aromatic heterocycles. The van der Waals surface area contributed by atoms with Crippen LogP contribution in [0.5, 0.6) is 0 Å². The number of likely N-dealkylation sites (tertiary alicyclic amines) is 1. The van der Waals surface area contributed by atoms with Crippen LogP contribution in [0.25, 0.3) is 0 Å². The smallest absolute Gasteiger partial charge is 0.228 e. The average molecular weight is 275 g/mol. The zero-order valence-electron chi connectivity index (χ0n) is 11.7. The summed E-state index contributed by atoms with van der Waals surface area (Å²) in [4.78, 5) is 14.4. The standard InChI is InChI=1S/C14H26N2O.ClH/c1-3-15-11-12-5-9-16(10-6-12)13(17)14(2)7-4-8-14;/h12,15H,3-11H2,1-2H3;1H. The van der Waals surface area contributed by atoms with Crippen molar-refractivity contribution in [1.82, 2.24) is 10.2 Å². The van der Waals surface area contributed by atoms with Crippen LogP contribution in [-0.4, -0.2) is 37.0 Å². The Bertz CT molecular complexity index is 271. The second-order valence-electron chi connectivity index (χ2n) is 5.96. The van der Waals surface area contributed by atoms with E-state index in [1.165, 1.54) is 19.3 Å². The number of rotatable bonds is 4. The van der Waals surface area contributed by atoms with Gasteiger partial charge in [-0.25, -0.2) is 0 Å². The minimum absolute atomic E-state index is 0. The van der Waals surface area contributed by atoms with Gasteiger partial charge in [0.2, 0.25) is 5.91 Å². The summed E-state index contributed by atoms with van der Waals surface area (Å²) in [6, 6.07) is 0. The van der Waals surface area contributed by atoms with Crippen molar-refractivity contribution >= 4 is 18.3 Å². The van der Waals surface area contributed by atoms with Gasteiger partial charge in [-0.2, -0.15) is 0 Å². The van der Waals surface area contributed by atoms with Gasteiger partial charge >= 0.3 is 0 Å². The van der Waals surface area contributed by atoms with Crippen molar-refractivity contribution < 1.29 is 4.79 Å². The first-order valence-electron chi connectivity index (χ1n) is 7.16. The fourth-order valence-corrected chi connectivity index (χ4v) is 2.99. The molecule has 2 rings (SSSR count). The number of hydrogen-bond acceptors (Lipinski definition) is 2. The van der Waals surface area contributed by atoms with Gasteiger partial charge in [0.1, 0.15) is 0 Å². The van der Waals surface area contributed by atoms with Gasteiger partial charge in [-0.05, 0) is 44.7 Å². The number of carbonyl (C=O) groups is 1. The van der Waals surface area contributed by atoms with Crippen molar-refractivity contribution in [1.29, 1.82) is 0 Å². The first-order chi connectivity index (χ1) is 8.15. The minimum Gasteiger partial charge on any atom is -0.342 e. The number of carbonyl (C=O) groups excluding carboxylic acids is 1. The molecule has 1 saturated carbocycles. The molecule has 1 aliphatic heterocycles. The fraction of sp³-hybridized carbons (Fsp3) is 0.929. The molecule has 0 atom stereocenters. The van der Waals surface area contributed by atoms with Crippen LogP contribution in [-0.2, 0) is 4.79 Å². The third-order valence-electron chi connectivity index (χ3n) is 4.56. The Hall–Kier alpha value is -0.280. The van der Waals surface area contributed by atoms with E-state index in [1.54, 1.807) is 0 Å². The van der Waals surface area contributed by atoms with E-state index in [0.717, 1.165) is 44.9 Å². The maximum Gasteiger partial charge on any atom is 0.228 e. The predicted octanol–water partition coefficient (Wildman–Crippen LogP) is 2.45. The Morgan fingerprint density at radius 1 is 1.33 bits per heavy atom. The monoisotopic (exact) mass is 274 g/mol. The second kappa shape index (κ2) is 6.76. The molecule has 106 valence electrons. The summed E-state index contributed by atoms with van der Waals surface area (Å²) < 4.78 is 0. The summed E-state index contributed by atoms with van der Waals surface area (Å²) in [6.07, 6.45) is 5.79. The summed E-state index contributed by atoms with van der Waals surface area (Å²) in [6.45, 7) is 8.42. The molecule has 1 heterocycles. The van der Waals surface area contributed by atoms with Gasteiger partial charge in [-0.15, -0.1) is 12.4 Å². The molecular weight excluding hydrogens is 248 g/mol. The lowest BCUT2D eigenvalue weighted by Crippen LogP contribution is -2.49. The van der Waals surface area contributed by atoms with E-state index in [9.17, 15) is 4.79 Å². The van der Waals surface area contributed by atoms with Crippen molar-refractivity contribution in [3.05, 3.63) is 0 Å². The van der Waals surface area contributed by atoms with Gasteiger partial charge in [0.05, 0.1) is 0 Å². The highest BCUT2D eigenvalue weighted by Crippen LogP contribution is 2.42. The van der Waals surface area contributed by atoms with Crippen molar-refractivity contribution in [2.75, 3.05) is 26.2 Å². The van der Waals surface area contributed by atoms with Gasteiger partial charge in [-0.3, -0.25) is 4.79 Å². The molecule has 0 unspecified atom stereocenters. The van der Waals surface area contributed by atoms with Crippen LogP contribution in [0.2, 0.25) is 0 Å². The fourth-order valence-electron chi connectivity index (χ4n) is 2.99. The van der Waals surface area contributed by atoms with Gasteiger partial charge in [0.25, 0.3) is 0 Å². The molecule has 0 aromatic carbocycles. The molecule has 2 aliphatic rings. The maximum absolute atomic E-state index is 12.3. The Labute approximate surface area is 117 Å². The van der Waals surface area contributed by atoms with Crippen molar-refractivity contribution in [2.24, 2.45) is 11.3 Å². The van der Waals surface area contributed by atoms with E-state index >= 15 is 0 Å².